The second-order valence-corrected chi connectivity index (χ2v) is 4.75. The maximum absolute atomic E-state index is 10.6. The first-order chi connectivity index (χ1) is 11.8. The van der Waals surface area contributed by atoms with Crippen molar-refractivity contribution in [3.05, 3.63) is 35.9 Å². The Morgan fingerprint density at radius 2 is 1.92 bits per heavy atom. The number of hydrogen-bond donors (Lipinski definition) is 6. The van der Waals surface area contributed by atoms with E-state index in [9.17, 15) is 14.4 Å². The van der Waals surface area contributed by atoms with Gasteiger partial charge in [-0.25, -0.2) is 20.4 Å². The number of nitrogens with one attached hydrogen (secondary N) is 1. The largest absolute Gasteiger partial charge is 0.480 e. The number of nitrogens with zero attached hydrogens (tertiary/aromatic N) is 1. The van der Waals surface area contributed by atoms with Crippen molar-refractivity contribution in [2.75, 3.05) is 6.54 Å². The summed E-state index contributed by atoms with van der Waals surface area (Å²) >= 11 is 0. The molecule has 1 aromatic carbocycles. The van der Waals surface area contributed by atoms with Crippen molar-refractivity contribution in [3.8, 4) is 0 Å². The highest BCUT2D eigenvalue weighted by Gasteiger charge is 2.09. The smallest absolute Gasteiger partial charge is 0.421 e. The van der Waals surface area contributed by atoms with Crippen molar-refractivity contribution in [2.45, 2.75) is 25.4 Å². The van der Waals surface area contributed by atoms with Crippen LogP contribution < -0.4 is 22.6 Å². The van der Waals surface area contributed by atoms with Crippen LogP contribution in [0.25, 0.3) is 1.43 Å². The van der Waals surface area contributed by atoms with Gasteiger partial charge in [0.15, 0.2) is 0 Å². The number of aliphatic carboxylic acids is 1. The number of urea groups is 1. The SMILES string of the molecule is NN(Cc1ccccc1)C(=O)O.[2H]OC(=O)[C@@H](N)CCCNC(N)=O. The summed E-state index contributed by atoms with van der Waals surface area (Å²) in [7, 11) is 0. The minimum atomic E-state index is -1.13. The van der Waals surface area contributed by atoms with Gasteiger partial charge in [-0.1, -0.05) is 30.3 Å². The zero-order chi connectivity index (χ0) is 19.2. The molecule has 9 N–H and O–H groups in total. The van der Waals surface area contributed by atoms with Crippen molar-refractivity contribution in [1.29, 1.82) is 1.43 Å². The molecule has 1 atom stereocenters. The highest BCUT2D eigenvalue weighted by atomic mass is 16.4. The van der Waals surface area contributed by atoms with Crippen LogP contribution in [0.5, 0.6) is 0 Å². The summed E-state index contributed by atoms with van der Waals surface area (Å²) in [6.07, 6.45) is -0.268. The molecule has 1 aromatic rings. The van der Waals surface area contributed by atoms with Crippen LogP contribution in [0.4, 0.5) is 9.59 Å². The maximum atomic E-state index is 10.6. The lowest BCUT2D eigenvalue weighted by atomic mass is 10.2. The minimum absolute atomic E-state index is 0.218. The molecule has 0 radical (unpaired) electrons. The van der Waals surface area contributed by atoms with Gasteiger partial charge in [0.25, 0.3) is 1.43 Å². The number of hydrogen-bond acceptors (Lipinski definition) is 6. The summed E-state index contributed by atoms with van der Waals surface area (Å²) in [6, 6.07) is 7.76. The fourth-order valence-electron chi connectivity index (χ4n) is 1.50. The zero-order valence-corrected chi connectivity index (χ0v) is 13.1. The lowest BCUT2D eigenvalue weighted by Gasteiger charge is -2.11. The Kier molecular flexibility index (Phi) is 9.34. The highest BCUT2D eigenvalue weighted by Crippen LogP contribution is 2.00. The third-order valence-corrected chi connectivity index (χ3v) is 2.74. The van der Waals surface area contributed by atoms with Crippen molar-refractivity contribution < 1.29 is 24.6 Å². The van der Waals surface area contributed by atoms with Crippen LogP contribution in [0.2, 0.25) is 0 Å². The third kappa shape index (κ3) is 10.8. The summed E-state index contributed by atoms with van der Waals surface area (Å²) in [6.45, 7) is 0.574. The van der Waals surface area contributed by atoms with Gasteiger partial charge in [0.05, 0.1) is 6.54 Å². The molecule has 0 saturated heterocycles. The quantitative estimate of drug-likeness (QED) is 0.173. The predicted octanol–water partition coefficient (Wildman–Crippen LogP) is -0.113. The summed E-state index contributed by atoms with van der Waals surface area (Å²) in [4.78, 5) is 31.1. The minimum Gasteiger partial charge on any atom is -0.480 e. The highest BCUT2D eigenvalue weighted by molar-refractivity contribution is 5.73. The van der Waals surface area contributed by atoms with E-state index in [4.69, 9.17) is 23.8 Å². The molecule has 0 unspecified atom stereocenters. The first-order valence-electron chi connectivity index (χ1n) is 7.43. The molecule has 3 amide bonds. The molecule has 0 aliphatic heterocycles. The summed E-state index contributed by atoms with van der Waals surface area (Å²) in [5, 5.41) is 15.2. The van der Waals surface area contributed by atoms with E-state index < -0.39 is 24.1 Å². The molecule has 1 rings (SSSR count). The number of hydrazine groups is 1. The van der Waals surface area contributed by atoms with Crippen LogP contribution in [-0.4, -0.2) is 45.9 Å². The molecule has 10 heteroatoms. The molecule has 0 bridgehead atoms. The van der Waals surface area contributed by atoms with Crippen LogP contribution in [0.1, 0.15) is 18.4 Å². The molecular weight excluding hydrogens is 318 g/mol. The molecule has 0 saturated carbocycles. The Labute approximate surface area is 140 Å². The number of primary amides is 1. The van der Waals surface area contributed by atoms with E-state index in [2.05, 4.69) is 10.4 Å². The van der Waals surface area contributed by atoms with E-state index in [1.807, 2.05) is 30.3 Å². The van der Waals surface area contributed by atoms with E-state index in [0.717, 1.165) is 10.6 Å². The fourth-order valence-corrected chi connectivity index (χ4v) is 1.50. The summed E-state index contributed by atoms with van der Waals surface area (Å²) in [5.74, 6) is 4.40. The molecule has 0 heterocycles. The van der Waals surface area contributed by atoms with Gasteiger partial charge in [0.1, 0.15) is 6.04 Å². The van der Waals surface area contributed by atoms with Gasteiger partial charge in [-0.2, -0.15) is 0 Å². The van der Waals surface area contributed by atoms with Gasteiger partial charge in [-0.3, -0.25) is 4.79 Å². The number of rotatable bonds is 7. The Balaban J connectivity index is 0.000000462. The van der Waals surface area contributed by atoms with Gasteiger partial charge < -0.3 is 27.0 Å². The van der Waals surface area contributed by atoms with E-state index in [0.29, 0.717) is 19.4 Å². The topological polar surface area (TPSA) is 185 Å². The number of carboxylic acid groups (broad SMARTS) is 2. The standard InChI is InChI=1S/C8H10N2O2.C6H13N3O3/c9-10(8(11)12)6-7-4-2-1-3-5-7;7-4(5(10)11)2-1-3-9-6(8)12/h1-5H,6,9H2,(H,11,12);4H,1-3,7H2,(H,10,11)(H3,8,9,12)/t;4-/m.0/s1/i/hD. The molecule has 0 spiro atoms. The van der Waals surface area contributed by atoms with Crippen LogP contribution in [-0.2, 0) is 11.3 Å². The Morgan fingerprint density at radius 3 is 2.42 bits per heavy atom. The molecule has 0 fully saturated rings. The van der Waals surface area contributed by atoms with Crippen LogP contribution in [0, 0.1) is 0 Å². The Morgan fingerprint density at radius 1 is 1.29 bits per heavy atom. The third-order valence-electron chi connectivity index (χ3n) is 2.74. The van der Waals surface area contributed by atoms with Crippen LogP contribution in [0.3, 0.4) is 0 Å². The first-order valence-corrected chi connectivity index (χ1v) is 7.02. The average Bonchev–Trinajstić information content (AvgIpc) is 2.59. The number of carboxylic acids is 1. The van der Waals surface area contributed by atoms with Crippen molar-refractivity contribution in [1.82, 2.24) is 10.3 Å². The van der Waals surface area contributed by atoms with Crippen molar-refractivity contribution in [3.63, 3.8) is 0 Å². The van der Waals surface area contributed by atoms with Crippen molar-refractivity contribution in [2.24, 2.45) is 17.3 Å². The predicted molar refractivity (Wildman–Crippen MR) is 86.6 cm³/mol. The molecule has 10 nitrogen and oxygen atoms in total. The monoisotopic (exact) mass is 342 g/mol. The summed E-state index contributed by atoms with van der Waals surface area (Å²) < 4.78 is 6.27. The lowest BCUT2D eigenvalue weighted by Crippen LogP contribution is -2.35. The lowest BCUT2D eigenvalue weighted by molar-refractivity contribution is -0.138. The van der Waals surface area contributed by atoms with Gasteiger partial charge in [-0.05, 0) is 18.4 Å². The van der Waals surface area contributed by atoms with Gasteiger partial charge >= 0.3 is 18.1 Å². The van der Waals surface area contributed by atoms with Gasteiger partial charge in [0, 0.05) is 6.54 Å². The van der Waals surface area contributed by atoms with Crippen LogP contribution in [0.15, 0.2) is 30.3 Å². The van der Waals surface area contributed by atoms with Crippen molar-refractivity contribution >= 4 is 18.1 Å². The molecule has 0 aliphatic carbocycles. The second kappa shape index (κ2) is 11.7. The van der Waals surface area contributed by atoms with E-state index in [1.54, 1.807) is 0 Å². The fraction of sp³-hybridized carbons (Fsp3) is 0.357. The molecule has 0 aliphatic rings. The number of carbonyl (C=O) groups is 3. The Bertz CT molecular complexity index is 546. The summed E-state index contributed by atoms with van der Waals surface area (Å²) in [5.41, 5.74) is 11.0. The normalized spacial score (nSPS) is 11.2. The van der Waals surface area contributed by atoms with Gasteiger partial charge in [-0.15, -0.1) is 0 Å². The molecule has 0 aromatic heterocycles. The van der Waals surface area contributed by atoms with E-state index in [1.165, 1.54) is 0 Å². The van der Waals surface area contributed by atoms with E-state index >= 15 is 0 Å². The molecule has 134 valence electrons. The molecule has 24 heavy (non-hydrogen) atoms. The maximum Gasteiger partial charge on any atom is 0.421 e. The Hall–Kier alpha value is -2.85. The number of carbonyl (C=O) groups excluding carboxylic acids is 1. The number of amides is 3. The number of nitrogens with two attached hydrogens (primary N) is 3. The average molecular weight is 342 g/mol. The first kappa shape index (κ1) is 19.2. The van der Waals surface area contributed by atoms with Crippen LogP contribution >= 0.6 is 0 Å². The number of benzene rings is 1. The molecular formula is C14H23N5O5. The second-order valence-electron chi connectivity index (χ2n) is 4.75. The van der Waals surface area contributed by atoms with E-state index in [-0.39, 0.29) is 6.54 Å². The van der Waals surface area contributed by atoms with Gasteiger partial charge in [0.2, 0.25) is 0 Å². The zero-order valence-electron chi connectivity index (χ0n) is 14.1.